The summed E-state index contributed by atoms with van der Waals surface area (Å²) in [4.78, 5) is 15.6. The maximum Gasteiger partial charge on any atom is 0.253 e. The van der Waals surface area contributed by atoms with Gasteiger partial charge in [-0.15, -0.1) is 0 Å². The van der Waals surface area contributed by atoms with Gasteiger partial charge in [-0.05, 0) is 23.8 Å². The zero-order valence-corrected chi connectivity index (χ0v) is 10.8. The lowest BCUT2D eigenvalue weighted by Crippen LogP contribution is -2.24. The van der Waals surface area contributed by atoms with Gasteiger partial charge in [-0.3, -0.25) is 15.1 Å². The average molecular weight is 303 g/mol. The Bertz CT molecular complexity index is 475. The first-order valence-electron chi connectivity index (χ1n) is 4.61. The highest BCUT2D eigenvalue weighted by Gasteiger charge is 2.30. The van der Waals surface area contributed by atoms with E-state index < -0.39 is 6.04 Å². The van der Waals surface area contributed by atoms with Crippen LogP contribution < -0.4 is 10.6 Å². The Morgan fingerprint density at radius 1 is 1.50 bits per heavy atom. The van der Waals surface area contributed by atoms with Gasteiger partial charge in [0.05, 0.1) is 0 Å². The largest absolute Gasteiger partial charge is 0.340 e. The number of rotatable bonds is 1. The number of amides is 1. The van der Waals surface area contributed by atoms with Crippen molar-refractivity contribution in [1.82, 2.24) is 10.6 Å². The van der Waals surface area contributed by atoms with Gasteiger partial charge in [0, 0.05) is 16.5 Å². The summed E-state index contributed by atoms with van der Waals surface area (Å²) in [5.74, 6) is 0.338. The highest BCUT2D eigenvalue weighted by atomic mass is 79.9. The monoisotopic (exact) mass is 301 g/mol. The molecular formula is C10H9BrClN3O. The molecule has 1 amide bonds. The Morgan fingerprint density at radius 3 is 2.88 bits per heavy atom. The Labute approximate surface area is 106 Å². The van der Waals surface area contributed by atoms with Crippen LogP contribution >= 0.6 is 27.5 Å². The highest BCUT2D eigenvalue weighted by molar-refractivity contribution is 9.10. The predicted octanol–water partition coefficient (Wildman–Crippen LogP) is 1.85. The summed E-state index contributed by atoms with van der Waals surface area (Å²) in [7, 11) is 1.61. The van der Waals surface area contributed by atoms with Crippen LogP contribution in [0.15, 0.2) is 27.7 Å². The summed E-state index contributed by atoms with van der Waals surface area (Å²) in [6.07, 6.45) is 0. The van der Waals surface area contributed by atoms with Crippen molar-refractivity contribution >= 4 is 39.4 Å². The molecule has 1 aliphatic rings. The number of guanidine groups is 1. The summed E-state index contributed by atoms with van der Waals surface area (Å²) in [5, 5.41) is 6.20. The van der Waals surface area contributed by atoms with Gasteiger partial charge in [0.25, 0.3) is 5.91 Å². The van der Waals surface area contributed by atoms with Crippen LogP contribution in [0.4, 0.5) is 0 Å². The van der Waals surface area contributed by atoms with E-state index in [4.69, 9.17) is 11.6 Å². The molecule has 1 aliphatic heterocycles. The third-order valence-electron chi connectivity index (χ3n) is 2.28. The van der Waals surface area contributed by atoms with E-state index in [0.29, 0.717) is 11.0 Å². The lowest BCUT2D eigenvalue weighted by atomic mass is 10.1. The Morgan fingerprint density at radius 2 is 2.25 bits per heavy atom. The molecule has 0 radical (unpaired) electrons. The molecule has 4 nitrogen and oxygen atoms in total. The van der Waals surface area contributed by atoms with Crippen LogP contribution in [0.1, 0.15) is 11.6 Å². The first-order valence-corrected chi connectivity index (χ1v) is 5.78. The maximum atomic E-state index is 11.7. The fraction of sp³-hybridized carbons (Fsp3) is 0.200. The number of hydrogen-bond acceptors (Lipinski definition) is 2. The van der Waals surface area contributed by atoms with Crippen molar-refractivity contribution in [1.29, 1.82) is 0 Å². The number of carbonyl (C=O) groups excluding carboxylic acids is 1. The number of halogens is 2. The molecule has 1 fully saturated rings. The molecule has 0 spiro atoms. The molecule has 1 saturated heterocycles. The molecule has 2 N–H and O–H groups in total. The molecule has 1 aromatic carbocycles. The Hall–Kier alpha value is -1.07. The van der Waals surface area contributed by atoms with Gasteiger partial charge in [-0.1, -0.05) is 27.5 Å². The summed E-state index contributed by atoms with van der Waals surface area (Å²) in [6, 6.07) is 4.87. The average Bonchev–Trinajstić information content (AvgIpc) is 2.63. The topological polar surface area (TPSA) is 53.5 Å². The minimum absolute atomic E-state index is 0.136. The van der Waals surface area contributed by atoms with Gasteiger partial charge in [-0.2, -0.15) is 0 Å². The molecular weight excluding hydrogens is 293 g/mol. The van der Waals surface area contributed by atoms with Gasteiger partial charge in [0.15, 0.2) is 5.96 Å². The van der Waals surface area contributed by atoms with E-state index in [0.717, 1.165) is 10.0 Å². The van der Waals surface area contributed by atoms with Crippen LogP contribution in [0.3, 0.4) is 0 Å². The van der Waals surface area contributed by atoms with Gasteiger partial charge in [0.2, 0.25) is 0 Å². The minimum atomic E-state index is -0.452. The Balaban J connectivity index is 2.38. The molecule has 0 bridgehead atoms. The van der Waals surface area contributed by atoms with E-state index in [9.17, 15) is 4.79 Å². The predicted molar refractivity (Wildman–Crippen MR) is 66.5 cm³/mol. The summed E-state index contributed by atoms with van der Waals surface area (Å²) in [6.45, 7) is 0. The number of carbonyl (C=O) groups is 1. The van der Waals surface area contributed by atoms with Gasteiger partial charge in [0.1, 0.15) is 6.04 Å². The number of benzene rings is 1. The standard InChI is InChI=1S/C10H9BrClN3O/c1-13-10-14-8(9(16)15-10)6-4-5(12)2-3-7(6)11/h2-4,8H,1H3,(H2,13,14,15,16). The van der Waals surface area contributed by atoms with E-state index in [1.807, 2.05) is 6.07 Å². The molecule has 1 atom stereocenters. The SMILES string of the molecule is CN=C1NC(=O)C(c2cc(Cl)ccc2Br)N1. The molecule has 0 saturated carbocycles. The van der Waals surface area contributed by atoms with Crippen molar-refractivity contribution in [3.63, 3.8) is 0 Å². The lowest BCUT2D eigenvalue weighted by molar-refractivity contribution is -0.120. The molecule has 84 valence electrons. The molecule has 1 aromatic rings. The Kier molecular flexibility index (Phi) is 3.16. The number of nitrogens with one attached hydrogen (secondary N) is 2. The number of hydrogen-bond donors (Lipinski definition) is 2. The highest BCUT2D eigenvalue weighted by Crippen LogP contribution is 2.28. The lowest BCUT2D eigenvalue weighted by Gasteiger charge is -2.10. The molecule has 1 heterocycles. The molecule has 1 unspecified atom stereocenters. The fourth-order valence-corrected chi connectivity index (χ4v) is 2.16. The summed E-state index contributed by atoms with van der Waals surface area (Å²) < 4.78 is 0.835. The van der Waals surface area contributed by atoms with E-state index in [-0.39, 0.29) is 5.91 Å². The molecule has 0 aromatic heterocycles. The van der Waals surface area contributed by atoms with E-state index >= 15 is 0 Å². The zero-order valence-electron chi connectivity index (χ0n) is 8.42. The van der Waals surface area contributed by atoms with E-state index in [1.54, 1.807) is 19.2 Å². The second kappa shape index (κ2) is 4.43. The first-order chi connectivity index (χ1) is 7.61. The second-order valence-electron chi connectivity index (χ2n) is 3.30. The van der Waals surface area contributed by atoms with Crippen molar-refractivity contribution in [2.45, 2.75) is 6.04 Å². The van der Waals surface area contributed by atoms with Crippen LogP contribution in [-0.4, -0.2) is 18.9 Å². The summed E-state index contributed by atoms with van der Waals surface area (Å²) >= 11 is 9.29. The number of aliphatic imine (C=N–C) groups is 1. The summed E-state index contributed by atoms with van der Waals surface area (Å²) in [5.41, 5.74) is 0.795. The number of nitrogens with zero attached hydrogens (tertiary/aromatic N) is 1. The van der Waals surface area contributed by atoms with Crippen molar-refractivity contribution in [2.24, 2.45) is 4.99 Å². The van der Waals surface area contributed by atoms with Gasteiger partial charge >= 0.3 is 0 Å². The van der Waals surface area contributed by atoms with Crippen LogP contribution in [0.5, 0.6) is 0 Å². The van der Waals surface area contributed by atoms with Crippen LogP contribution in [-0.2, 0) is 4.79 Å². The molecule has 16 heavy (non-hydrogen) atoms. The van der Waals surface area contributed by atoms with Crippen LogP contribution in [0.2, 0.25) is 5.02 Å². The first kappa shape index (κ1) is 11.4. The third kappa shape index (κ3) is 2.05. The van der Waals surface area contributed by atoms with Crippen molar-refractivity contribution in [3.05, 3.63) is 33.3 Å². The van der Waals surface area contributed by atoms with Crippen LogP contribution in [0.25, 0.3) is 0 Å². The second-order valence-corrected chi connectivity index (χ2v) is 4.60. The molecule has 2 rings (SSSR count). The molecule has 0 aliphatic carbocycles. The third-order valence-corrected chi connectivity index (χ3v) is 3.23. The zero-order chi connectivity index (χ0) is 11.7. The maximum absolute atomic E-state index is 11.7. The van der Waals surface area contributed by atoms with Crippen molar-refractivity contribution < 1.29 is 4.79 Å². The van der Waals surface area contributed by atoms with Gasteiger partial charge in [-0.25, -0.2) is 0 Å². The van der Waals surface area contributed by atoms with Crippen molar-refractivity contribution in [3.8, 4) is 0 Å². The quantitative estimate of drug-likeness (QED) is 0.832. The van der Waals surface area contributed by atoms with Crippen LogP contribution in [0, 0.1) is 0 Å². The van der Waals surface area contributed by atoms with Crippen molar-refractivity contribution in [2.75, 3.05) is 7.05 Å². The normalized spacial score (nSPS) is 22.1. The van der Waals surface area contributed by atoms with Gasteiger partial charge < -0.3 is 5.32 Å². The van der Waals surface area contributed by atoms with E-state index in [2.05, 4.69) is 31.6 Å². The minimum Gasteiger partial charge on any atom is -0.340 e. The fourth-order valence-electron chi connectivity index (χ4n) is 1.50. The van der Waals surface area contributed by atoms with E-state index in [1.165, 1.54) is 0 Å². The molecule has 6 heteroatoms. The smallest absolute Gasteiger partial charge is 0.253 e.